The average molecular weight is 351 g/mol. The second kappa shape index (κ2) is 6.25. The molecular formula is C15H19BrN4O. The van der Waals surface area contributed by atoms with E-state index in [-0.39, 0.29) is 12.1 Å². The first kappa shape index (κ1) is 14.7. The van der Waals surface area contributed by atoms with E-state index in [4.69, 9.17) is 4.74 Å². The van der Waals surface area contributed by atoms with Crippen LogP contribution in [0.2, 0.25) is 0 Å². The second-order valence-corrected chi connectivity index (χ2v) is 5.92. The van der Waals surface area contributed by atoms with Crippen LogP contribution in [0.1, 0.15) is 35.9 Å². The zero-order valence-electron chi connectivity index (χ0n) is 12.2. The first-order valence-electron chi connectivity index (χ1n) is 7.20. The minimum Gasteiger partial charge on any atom is -0.371 e. The zero-order valence-corrected chi connectivity index (χ0v) is 13.8. The van der Waals surface area contributed by atoms with Crippen LogP contribution in [-0.4, -0.2) is 28.1 Å². The topological polar surface area (TPSA) is 52.0 Å². The van der Waals surface area contributed by atoms with Crippen LogP contribution in [0.3, 0.4) is 0 Å². The SMILES string of the molecule is CCNC(c1c(Br)nnn1C)C1OCCc2ccccc21. The van der Waals surface area contributed by atoms with E-state index in [1.807, 2.05) is 7.05 Å². The van der Waals surface area contributed by atoms with Gasteiger partial charge in [0.2, 0.25) is 0 Å². The molecule has 6 heteroatoms. The number of nitrogens with one attached hydrogen (secondary N) is 1. The summed E-state index contributed by atoms with van der Waals surface area (Å²) in [5, 5.41) is 11.7. The van der Waals surface area contributed by atoms with Gasteiger partial charge in [-0.1, -0.05) is 36.4 Å². The molecule has 0 amide bonds. The molecule has 1 aromatic carbocycles. The summed E-state index contributed by atoms with van der Waals surface area (Å²) in [6.07, 6.45) is 0.944. The van der Waals surface area contributed by atoms with Crippen molar-refractivity contribution < 1.29 is 4.74 Å². The molecule has 21 heavy (non-hydrogen) atoms. The largest absolute Gasteiger partial charge is 0.371 e. The molecular weight excluding hydrogens is 332 g/mol. The van der Waals surface area contributed by atoms with E-state index < -0.39 is 0 Å². The predicted octanol–water partition coefficient (Wildman–Crippen LogP) is 2.54. The van der Waals surface area contributed by atoms with Gasteiger partial charge < -0.3 is 10.1 Å². The van der Waals surface area contributed by atoms with Gasteiger partial charge in [-0.15, -0.1) is 5.10 Å². The number of fused-ring (bicyclic) bond motifs is 1. The molecule has 1 N–H and O–H groups in total. The molecule has 0 radical (unpaired) electrons. The molecule has 1 aliphatic rings. The summed E-state index contributed by atoms with van der Waals surface area (Å²) in [4.78, 5) is 0. The lowest BCUT2D eigenvalue weighted by Crippen LogP contribution is -2.33. The highest BCUT2D eigenvalue weighted by atomic mass is 79.9. The summed E-state index contributed by atoms with van der Waals surface area (Å²) in [6, 6.07) is 8.52. The molecule has 2 unspecified atom stereocenters. The third kappa shape index (κ3) is 2.75. The van der Waals surface area contributed by atoms with Gasteiger partial charge in [-0.3, -0.25) is 0 Å². The van der Waals surface area contributed by atoms with Crippen LogP contribution in [0.15, 0.2) is 28.9 Å². The van der Waals surface area contributed by atoms with Crippen LogP contribution >= 0.6 is 15.9 Å². The number of benzene rings is 1. The van der Waals surface area contributed by atoms with E-state index in [0.29, 0.717) is 0 Å². The van der Waals surface area contributed by atoms with Crippen LogP contribution in [0.5, 0.6) is 0 Å². The fourth-order valence-corrected chi connectivity index (χ4v) is 3.51. The van der Waals surface area contributed by atoms with Gasteiger partial charge in [0, 0.05) is 7.05 Å². The summed E-state index contributed by atoms with van der Waals surface area (Å²) in [6.45, 7) is 3.69. The molecule has 1 aromatic heterocycles. The summed E-state index contributed by atoms with van der Waals surface area (Å²) >= 11 is 3.50. The van der Waals surface area contributed by atoms with Crippen molar-refractivity contribution in [1.82, 2.24) is 20.3 Å². The maximum Gasteiger partial charge on any atom is 0.153 e. The van der Waals surface area contributed by atoms with Gasteiger partial charge in [0.25, 0.3) is 0 Å². The molecule has 0 bridgehead atoms. The van der Waals surface area contributed by atoms with Crippen molar-refractivity contribution in [3.63, 3.8) is 0 Å². The normalized spacial score (nSPS) is 19.3. The molecule has 5 nitrogen and oxygen atoms in total. The van der Waals surface area contributed by atoms with Crippen molar-refractivity contribution >= 4 is 15.9 Å². The fraction of sp³-hybridized carbons (Fsp3) is 0.467. The lowest BCUT2D eigenvalue weighted by atomic mass is 9.92. The van der Waals surface area contributed by atoms with Crippen molar-refractivity contribution in [3.8, 4) is 0 Å². The number of halogens is 1. The summed E-state index contributed by atoms with van der Waals surface area (Å²) in [7, 11) is 1.91. The standard InChI is InChI=1S/C15H19BrN4O/c1-3-17-12(13-15(16)18-19-20(13)2)14-11-7-5-4-6-10(11)8-9-21-14/h4-7,12,14,17H,3,8-9H2,1-2H3. The lowest BCUT2D eigenvalue weighted by molar-refractivity contribution is 0.0130. The smallest absolute Gasteiger partial charge is 0.153 e. The second-order valence-electron chi connectivity index (χ2n) is 5.16. The van der Waals surface area contributed by atoms with Crippen LogP contribution in [0, 0.1) is 0 Å². The fourth-order valence-electron chi connectivity index (χ4n) is 2.94. The van der Waals surface area contributed by atoms with E-state index in [2.05, 4.69) is 62.7 Å². The highest BCUT2D eigenvalue weighted by molar-refractivity contribution is 9.10. The van der Waals surface area contributed by atoms with Crippen molar-refractivity contribution in [2.75, 3.05) is 13.2 Å². The maximum absolute atomic E-state index is 6.10. The van der Waals surface area contributed by atoms with Crippen molar-refractivity contribution in [1.29, 1.82) is 0 Å². The molecule has 112 valence electrons. The first-order chi connectivity index (χ1) is 10.2. The summed E-state index contributed by atoms with van der Waals surface area (Å²) in [5.74, 6) is 0. The first-order valence-corrected chi connectivity index (χ1v) is 7.99. The van der Waals surface area contributed by atoms with Crippen LogP contribution < -0.4 is 5.32 Å². The Balaban J connectivity index is 2.03. The number of hydrogen-bond donors (Lipinski definition) is 1. The Hall–Kier alpha value is -1.24. The molecule has 0 saturated heterocycles. The highest BCUT2D eigenvalue weighted by Crippen LogP contribution is 2.38. The number of likely N-dealkylation sites (N-methyl/N-ethyl adjacent to an activating group) is 1. The monoisotopic (exact) mass is 350 g/mol. The molecule has 0 spiro atoms. The van der Waals surface area contributed by atoms with E-state index in [0.717, 1.165) is 29.9 Å². The van der Waals surface area contributed by atoms with E-state index in [1.165, 1.54) is 11.1 Å². The van der Waals surface area contributed by atoms with Crippen molar-refractivity contribution in [3.05, 3.63) is 45.7 Å². The predicted molar refractivity (Wildman–Crippen MR) is 84.0 cm³/mol. The van der Waals surface area contributed by atoms with Gasteiger partial charge in [0.1, 0.15) is 6.10 Å². The van der Waals surface area contributed by atoms with E-state index in [1.54, 1.807) is 4.68 Å². The number of nitrogens with zero attached hydrogens (tertiary/aromatic N) is 3. The van der Waals surface area contributed by atoms with Crippen molar-refractivity contribution in [2.45, 2.75) is 25.5 Å². The molecule has 2 aromatic rings. The Morgan fingerprint density at radius 1 is 1.48 bits per heavy atom. The van der Waals surface area contributed by atoms with Crippen LogP contribution in [-0.2, 0) is 18.2 Å². The highest BCUT2D eigenvalue weighted by Gasteiger charge is 2.33. The van der Waals surface area contributed by atoms with E-state index in [9.17, 15) is 0 Å². The third-order valence-corrected chi connectivity index (χ3v) is 4.44. The summed E-state index contributed by atoms with van der Waals surface area (Å²) < 4.78 is 8.67. The Morgan fingerprint density at radius 2 is 2.29 bits per heavy atom. The molecule has 0 aliphatic carbocycles. The number of hydrogen-bond acceptors (Lipinski definition) is 4. The minimum absolute atomic E-state index is 0.0193. The maximum atomic E-state index is 6.10. The lowest BCUT2D eigenvalue weighted by Gasteiger charge is -2.33. The number of aryl methyl sites for hydroxylation is 1. The Labute approximate surface area is 132 Å². The minimum atomic E-state index is -0.0246. The quantitative estimate of drug-likeness (QED) is 0.920. The molecule has 2 heterocycles. The summed E-state index contributed by atoms with van der Waals surface area (Å²) in [5.41, 5.74) is 3.63. The van der Waals surface area contributed by atoms with Gasteiger partial charge in [-0.05, 0) is 40.0 Å². The average Bonchev–Trinajstić information content (AvgIpc) is 2.84. The third-order valence-electron chi connectivity index (χ3n) is 3.88. The Morgan fingerprint density at radius 3 is 3.00 bits per heavy atom. The molecule has 3 rings (SSSR count). The van der Waals surface area contributed by atoms with Gasteiger partial charge in [-0.2, -0.15) is 0 Å². The van der Waals surface area contributed by atoms with E-state index >= 15 is 0 Å². The number of rotatable bonds is 4. The van der Waals surface area contributed by atoms with Crippen molar-refractivity contribution in [2.24, 2.45) is 7.05 Å². The van der Waals surface area contributed by atoms with Gasteiger partial charge in [0.15, 0.2) is 4.60 Å². The van der Waals surface area contributed by atoms with Gasteiger partial charge >= 0.3 is 0 Å². The Bertz CT molecular complexity index is 608. The van der Waals surface area contributed by atoms with Crippen LogP contribution in [0.4, 0.5) is 0 Å². The van der Waals surface area contributed by atoms with Crippen LogP contribution in [0.25, 0.3) is 0 Å². The Kier molecular flexibility index (Phi) is 4.37. The number of ether oxygens (including phenoxy) is 1. The van der Waals surface area contributed by atoms with Gasteiger partial charge in [0.05, 0.1) is 18.3 Å². The van der Waals surface area contributed by atoms with Gasteiger partial charge in [-0.25, -0.2) is 4.68 Å². The molecule has 0 saturated carbocycles. The zero-order chi connectivity index (χ0) is 14.8. The molecule has 2 atom stereocenters. The number of aromatic nitrogens is 3. The molecule has 1 aliphatic heterocycles. The molecule has 0 fully saturated rings.